The summed E-state index contributed by atoms with van der Waals surface area (Å²) in [5.74, 6) is -0.385. The second kappa shape index (κ2) is 15.2. The third kappa shape index (κ3) is 6.50. The molecule has 1 aliphatic heterocycles. The third-order valence-corrected chi connectivity index (χ3v) is 12.9. The third-order valence-electron chi connectivity index (χ3n) is 12.9. The fourth-order valence-corrected chi connectivity index (χ4v) is 9.59. The maximum Gasteiger partial charge on any atom is 0.259 e. The zero-order chi connectivity index (χ0) is 41.3. The zero-order valence-corrected chi connectivity index (χ0v) is 36.0. The molecule has 0 fully saturated rings. The number of hydrogen-bond acceptors (Lipinski definition) is 6. The molecule has 0 saturated heterocycles. The molecule has 1 atom stereocenters. The van der Waals surface area contributed by atoms with Gasteiger partial charge in [-0.1, -0.05) is 144 Å². The van der Waals surface area contributed by atoms with Gasteiger partial charge in [-0.2, -0.15) is 0 Å². The van der Waals surface area contributed by atoms with E-state index in [9.17, 15) is 15.3 Å². The molecule has 3 aromatic heterocycles. The van der Waals surface area contributed by atoms with Crippen LogP contribution in [0.3, 0.4) is 0 Å². The highest BCUT2D eigenvalue weighted by Crippen LogP contribution is 2.55. The molecule has 0 aliphatic carbocycles. The molecular formula is C50H62N4O4. The first-order chi connectivity index (χ1) is 27.7. The van der Waals surface area contributed by atoms with E-state index >= 15 is 4.79 Å². The number of unbranched alkanes of at least 4 members (excludes halogenated alkanes) is 10. The van der Waals surface area contributed by atoms with Crippen LogP contribution in [0.15, 0.2) is 36.4 Å². The summed E-state index contributed by atoms with van der Waals surface area (Å²) in [5, 5.41) is 43.1. The number of aliphatic hydroxyl groups excluding tert-OH is 1. The molecule has 4 heterocycles. The molecule has 58 heavy (non-hydrogen) atoms. The van der Waals surface area contributed by atoms with Crippen molar-refractivity contribution in [3.63, 3.8) is 0 Å². The van der Waals surface area contributed by atoms with Crippen LogP contribution >= 0.6 is 0 Å². The maximum absolute atomic E-state index is 15.1. The molecule has 1 unspecified atom stereocenters. The summed E-state index contributed by atoms with van der Waals surface area (Å²) in [6.07, 6.45) is 11.4. The van der Waals surface area contributed by atoms with Crippen molar-refractivity contribution in [2.24, 2.45) is 0 Å². The number of pyridine rings is 1. The molecule has 0 spiro atoms. The van der Waals surface area contributed by atoms with Crippen LogP contribution in [0.2, 0.25) is 0 Å². The molecule has 4 aromatic carbocycles. The number of nitrogens with zero attached hydrogens (tertiary/aromatic N) is 4. The molecule has 0 saturated carbocycles. The highest BCUT2D eigenvalue weighted by molar-refractivity contribution is 6.41. The van der Waals surface area contributed by atoms with Gasteiger partial charge >= 0.3 is 0 Å². The first kappa shape index (κ1) is 40.1. The summed E-state index contributed by atoms with van der Waals surface area (Å²) in [7, 11) is 0. The van der Waals surface area contributed by atoms with Gasteiger partial charge in [0.2, 0.25) is 11.8 Å². The Balaban J connectivity index is 1.49. The second-order valence-electron chi connectivity index (χ2n) is 19.1. The van der Waals surface area contributed by atoms with E-state index in [1.54, 1.807) is 9.47 Å². The summed E-state index contributed by atoms with van der Waals surface area (Å²) in [5.41, 5.74) is 5.54. The van der Waals surface area contributed by atoms with Gasteiger partial charge in [0.25, 0.3) is 5.91 Å². The fourth-order valence-electron chi connectivity index (χ4n) is 9.59. The standard InChI is InChI=1S/C50H62N4O4/c1-9-11-13-15-17-19-25-53-45(55)39-35-31-23-21-29(49(3,4)5)27-33(31)51-43(35)41-38-37(39)40(46(53)56)36-32-24-22-30(50(6,7)8)28-34(32)52-44(36)42(38)48(58)54(47(41)57)26-20-18-16-14-12-10-2/h21-24,27-28,47,55-57H,9-20,25-26H2,1-8H3. The van der Waals surface area contributed by atoms with Gasteiger partial charge in [-0.25, -0.2) is 9.97 Å². The SMILES string of the molecule is CCCCCCCCN1C(=O)c2c3nc4cc(C(C)(C)C)ccc4c3c3c(O)n(CCCCCCCC)c(O)c4c5c(nc6cc(C(C)(C)C)ccc65)c(c2c34)C1O. The Morgan fingerprint density at radius 3 is 1.57 bits per heavy atom. The molecule has 0 bridgehead atoms. The number of aromatic hydroxyl groups is 2. The zero-order valence-electron chi connectivity index (χ0n) is 36.0. The van der Waals surface area contributed by atoms with Crippen LogP contribution in [-0.2, 0) is 17.4 Å². The summed E-state index contributed by atoms with van der Waals surface area (Å²) in [4.78, 5) is 27.3. The van der Waals surface area contributed by atoms with Gasteiger partial charge < -0.3 is 20.2 Å². The lowest BCUT2D eigenvalue weighted by Gasteiger charge is -2.35. The van der Waals surface area contributed by atoms with Gasteiger partial charge in [0, 0.05) is 51.0 Å². The number of carbonyl (C=O) groups excluding carboxylic acids is 1. The second-order valence-corrected chi connectivity index (χ2v) is 19.1. The Bertz CT molecular complexity index is 2670. The molecule has 7 aromatic rings. The number of aliphatic hydroxyl groups is 1. The number of fused-ring (bicyclic) bond motifs is 10. The minimum absolute atomic E-state index is 0.0510. The van der Waals surface area contributed by atoms with Crippen molar-refractivity contribution in [3.8, 4) is 11.8 Å². The fraction of sp³-hybridized carbons (Fsp3) is 0.500. The van der Waals surface area contributed by atoms with Crippen molar-refractivity contribution in [1.29, 1.82) is 0 Å². The van der Waals surface area contributed by atoms with E-state index in [0.29, 0.717) is 62.2 Å². The molecule has 8 nitrogen and oxygen atoms in total. The predicted octanol–water partition coefficient (Wildman–Crippen LogP) is 12.8. The largest absolute Gasteiger partial charge is 0.494 e. The van der Waals surface area contributed by atoms with Gasteiger partial charge in [0.05, 0.1) is 38.4 Å². The number of amides is 1. The molecule has 1 aliphatic rings. The summed E-state index contributed by atoms with van der Waals surface area (Å²) < 4.78 is 1.66. The molecule has 1 amide bonds. The lowest BCUT2D eigenvalue weighted by atomic mass is 9.83. The number of hydrogen-bond donors (Lipinski definition) is 3. The number of aromatic nitrogens is 3. The Morgan fingerprint density at radius 2 is 1.05 bits per heavy atom. The van der Waals surface area contributed by atoms with Gasteiger partial charge in [0.15, 0.2) is 6.23 Å². The first-order valence-corrected chi connectivity index (χ1v) is 22.0. The lowest BCUT2D eigenvalue weighted by Crippen LogP contribution is -2.39. The van der Waals surface area contributed by atoms with Gasteiger partial charge in [0.1, 0.15) is 0 Å². The average molecular weight is 783 g/mol. The van der Waals surface area contributed by atoms with Crippen molar-refractivity contribution in [2.75, 3.05) is 6.54 Å². The maximum atomic E-state index is 15.1. The van der Waals surface area contributed by atoms with Gasteiger partial charge in [-0.3, -0.25) is 9.36 Å². The van der Waals surface area contributed by atoms with E-state index in [1.165, 1.54) is 12.8 Å². The predicted molar refractivity (Wildman–Crippen MR) is 240 cm³/mol. The smallest absolute Gasteiger partial charge is 0.259 e. The molecule has 306 valence electrons. The summed E-state index contributed by atoms with van der Waals surface area (Å²) >= 11 is 0. The number of rotatable bonds is 14. The number of benzene rings is 4. The molecule has 8 heteroatoms. The highest BCUT2D eigenvalue weighted by Gasteiger charge is 2.41. The van der Waals surface area contributed by atoms with Crippen molar-refractivity contribution in [3.05, 3.63) is 58.7 Å². The van der Waals surface area contributed by atoms with Crippen LogP contribution in [-0.4, -0.2) is 47.2 Å². The molecule has 0 radical (unpaired) electrons. The van der Waals surface area contributed by atoms with E-state index in [1.807, 2.05) is 0 Å². The quantitative estimate of drug-likeness (QED) is 0.0947. The van der Waals surface area contributed by atoms with Crippen LogP contribution < -0.4 is 0 Å². The van der Waals surface area contributed by atoms with Gasteiger partial charge in [-0.15, -0.1) is 0 Å². The van der Waals surface area contributed by atoms with Crippen molar-refractivity contribution >= 4 is 71.1 Å². The van der Waals surface area contributed by atoms with Crippen LogP contribution in [0.4, 0.5) is 0 Å². The van der Waals surface area contributed by atoms with E-state index in [0.717, 1.165) is 103 Å². The minimum Gasteiger partial charge on any atom is -0.494 e. The monoisotopic (exact) mass is 782 g/mol. The van der Waals surface area contributed by atoms with Crippen molar-refractivity contribution in [1.82, 2.24) is 19.4 Å². The highest BCUT2D eigenvalue weighted by atomic mass is 16.3. The Morgan fingerprint density at radius 1 is 0.586 bits per heavy atom. The average Bonchev–Trinajstić information content (AvgIpc) is 3.74. The number of carbonyl (C=O) groups is 1. The van der Waals surface area contributed by atoms with Crippen molar-refractivity contribution < 1.29 is 20.1 Å². The van der Waals surface area contributed by atoms with E-state index in [2.05, 4.69) is 91.8 Å². The van der Waals surface area contributed by atoms with Crippen LogP contribution in [0.1, 0.15) is 166 Å². The lowest BCUT2D eigenvalue weighted by molar-refractivity contribution is 0.00507. The molecule has 3 N–H and O–H groups in total. The molecular weight excluding hydrogens is 721 g/mol. The normalized spacial score (nSPS) is 15.2. The Kier molecular flexibility index (Phi) is 10.5. The van der Waals surface area contributed by atoms with E-state index < -0.39 is 6.23 Å². The van der Waals surface area contributed by atoms with E-state index in [4.69, 9.17) is 9.97 Å². The van der Waals surface area contributed by atoms with E-state index in [-0.39, 0.29) is 28.5 Å². The van der Waals surface area contributed by atoms with Crippen LogP contribution in [0, 0.1) is 0 Å². The van der Waals surface area contributed by atoms with Crippen LogP contribution in [0.25, 0.3) is 65.2 Å². The Hall–Kier alpha value is -4.69. The summed E-state index contributed by atoms with van der Waals surface area (Å²) in [6, 6.07) is 12.6. The minimum atomic E-state index is -1.27. The topological polar surface area (TPSA) is 112 Å². The van der Waals surface area contributed by atoms with Gasteiger partial charge in [-0.05, 0) is 46.9 Å². The van der Waals surface area contributed by atoms with Crippen molar-refractivity contribution in [2.45, 2.75) is 156 Å². The molecule has 8 rings (SSSR count). The first-order valence-electron chi connectivity index (χ1n) is 22.0. The summed E-state index contributed by atoms with van der Waals surface area (Å²) in [6.45, 7) is 18.3. The van der Waals surface area contributed by atoms with Crippen LogP contribution in [0.5, 0.6) is 11.8 Å². The Labute approximate surface area is 342 Å².